The van der Waals surface area contributed by atoms with Gasteiger partial charge in [-0.15, -0.1) is 0 Å². The Labute approximate surface area is 182 Å². The van der Waals surface area contributed by atoms with E-state index in [4.69, 9.17) is 5.26 Å². The summed E-state index contributed by atoms with van der Waals surface area (Å²) in [5.41, 5.74) is 2.23. The summed E-state index contributed by atoms with van der Waals surface area (Å²) < 4.78 is 14.0. The number of amides is 1. The number of likely N-dealkylation sites (N-methyl/N-ethyl adjacent to an activating group) is 2. The monoisotopic (exact) mass is 427 g/mol. The third kappa shape index (κ3) is 5.87. The highest BCUT2D eigenvalue weighted by molar-refractivity contribution is 5.92. The number of nitrogens with one attached hydrogen (secondary N) is 1. The van der Waals surface area contributed by atoms with E-state index in [0.29, 0.717) is 36.0 Å². The lowest BCUT2D eigenvalue weighted by atomic mass is 10.0. The van der Waals surface area contributed by atoms with Crippen molar-refractivity contribution >= 4 is 23.1 Å². The summed E-state index contributed by atoms with van der Waals surface area (Å²) >= 11 is 0. The quantitative estimate of drug-likeness (QED) is 0.738. The highest BCUT2D eigenvalue weighted by atomic mass is 19.1. The van der Waals surface area contributed by atoms with E-state index in [9.17, 15) is 9.18 Å². The number of nitrogens with zero attached hydrogens (tertiary/aromatic N) is 6. The standard InChI is InChI=1S/C15H14FN5O.C7H16N2/c16-11-5-12(20-9-22)8-21(7-11)13-2-1-10(6-17)14-15(13)19-4-3-18-14;1-3-9-6-4-8(2)5-7-9/h1-4,9,11-12H,5,7-8H2,(H,20,22);3-7H2,1-2H3. The van der Waals surface area contributed by atoms with E-state index >= 15 is 0 Å². The van der Waals surface area contributed by atoms with Crippen molar-refractivity contribution < 1.29 is 9.18 Å². The van der Waals surface area contributed by atoms with Crippen molar-refractivity contribution in [2.24, 2.45) is 0 Å². The van der Waals surface area contributed by atoms with E-state index in [2.05, 4.69) is 45.1 Å². The molecule has 31 heavy (non-hydrogen) atoms. The summed E-state index contributed by atoms with van der Waals surface area (Å²) in [6.07, 6.45) is 2.93. The summed E-state index contributed by atoms with van der Waals surface area (Å²) in [6, 6.07) is 5.26. The van der Waals surface area contributed by atoms with Gasteiger partial charge in [-0.05, 0) is 25.7 Å². The van der Waals surface area contributed by atoms with Crippen LogP contribution >= 0.6 is 0 Å². The van der Waals surface area contributed by atoms with Gasteiger partial charge in [0.05, 0.1) is 11.3 Å². The van der Waals surface area contributed by atoms with E-state index < -0.39 is 6.17 Å². The number of hydrogen-bond acceptors (Lipinski definition) is 7. The Bertz CT molecular complexity index is 910. The van der Waals surface area contributed by atoms with Crippen molar-refractivity contribution in [2.75, 3.05) is 57.8 Å². The number of nitriles is 1. The van der Waals surface area contributed by atoms with E-state index in [-0.39, 0.29) is 12.6 Å². The van der Waals surface area contributed by atoms with Crippen molar-refractivity contribution in [3.8, 4) is 6.07 Å². The van der Waals surface area contributed by atoms with Crippen LogP contribution < -0.4 is 10.2 Å². The van der Waals surface area contributed by atoms with Gasteiger partial charge in [0.25, 0.3) is 0 Å². The SMILES string of the molecule is CCN1CCN(C)CC1.N#Cc1ccc(N2CC(F)CC(NC=O)C2)c2nccnc12. The lowest BCUT2D eigenvalue weighted by Gasteiger charge is -2.36. The predicted octanol–water partition coefficient (Wildman–Crippen LogP) is 1.42. The van der Waals surface area contributed by atoms with Crippen LogP contribution in [0.25, 0.3) is 11.0 Å². The first-order valence-electron chi connectivity index (χ1n) is 10.7. The van der Waals surface area contributed by atoms with E-state index in [1.54, 1.807) is 18.3 Å². The number of carbonyl (C=O) groups is 1. The van der Waals surface area contributed by atoms with Crippen molar-refractivity contribution in [1.82, 2.24) is 25.1 Å². The van der Waals surface area contributed by atoms with Crippen LogP contribution in [0, 0.1) is 11.3 Å². The number of anilines is 1. The molecule has 2 atom stereocenters. The van der Waals surface area contributed by atoms with Crippen molar-refractivity contribution in [2.45, 2.75) is 25.6 Å². The highest BCUT2D eigenvalue weighted by Crippen LogP contribution is 2.29. The molecule has 1 amide bonds. The maximum atomic E-state index is 14.0. The van der Waals surface area contributed by atoms with Gasteiger partial charge in [-0.1, -0.05) is 6.92 Å². The molecule has 1 N–H and O–H groups in total. The fraction of sp³-hybridized carbons (Fsp3) is 0.545. The molecule has 0 aliphatic carbocycles. The summed E-state index contributed by atoms with van der Waals surface area (Å²) in [6.45, 7) is 9.17. The molecule has 2 aliphatic rings. The van der Waals surface area contributed by atoms with Crippen LogP contribution in [0.1, 0.15) is 18.9 Å². The molecular formula is C22H30FN7O. The average molecular weight is 428 g/mol. The van der Waals surface area contributed by atoms with E-state index in [1.165, 1.54) is 38.9 Å². The van der Waals surface area contributed by atoms with Gasteiger partial charge in [0, 0.05) is 64.1 Å². The number of hydrogen-bond donors (Lipinski definition) is 1. The molecule has 0 saturated carbocycles. The molecule has 3 heterocycles. The molecule has 2 saturated heterocycles. The van der Waals surface area contributed by atoms with Crippen LogP contribution in [0.15, 0.2) is 24.5 Å². The Morgan fingerprint density at radius 1 is 1.19 bits per heavy atom. The van der Waals surface area contributed by atoms with Crippen molar-refractivity contribution in [3.63, 3.8) is 0 Å². The Hall–Kier alpha value is -2.83. The number of piperidine rings is 1. The third-order valence-corrected chi connectivity index (χ3v) is 5.81. The molecule has 1 aromatic heterocycles. The number of halogens is 1. The Morgan fingerprint density at radius 3 is 2.55 bits per heavy atom. The van der Waals surface area contributed by atoms with Crippen LogP contribution in [0.3, 0.4) is 0 Å². The van der Waals surface area contributed by atoms with Crippen LogP contribution in [0.5, 0.6) is 0 Å². The first kappa shape index (κ1) is 22.8. The van der Waals surface area contributed by atoms with Crippen LogP contribution in [-0.4, -0.2) is 91.3 Å². The summed E-state index contributed by atoms with van der Waals surface area (Å²) in [4.78, 5) is 25.8. The van der Waals surface area contributed by atoms with Crippen LogP contribution in [-0.2, 0) is 4.79 Å². The molecule has 2 unspecified atom stereocenters. The maximum absolute atomic E-state index is 14.0. The van der Waals surface area contributed by atoms with Gasteiger partial charge in [0.15, 0.2) is 0 Å². The molecular weight excluding hydrogens is 397 g/mol. The van der Waals surface area contributed by atoms with Gasteiger partial charge < -0.3 is 20.0 Å². The zero-order valence-corrected chi connectivity index (χ0v) is 18.2. The molecule has 0 bridgehead atoms. The number of aromatic nitrogens is 2. The smallest absolute Gasteiger partial charge is 0.207 e. The minimum absolute atomic E-state index is 0.231. The van der Waals surface area contributed by atoms with Gasteiger partial charge in [-0.2, -0.15) is 5.26 Å². The first-order chi connectivity index (χ1) is 15.0. The van der Waals surface area contributed by atoms with Gasteiger partial charge >= 0.3 is 0 Å². The van der Waals surface area contributed by atoms with E-state index in [1.807, 2.05) is 4.90 Å². The Balaban J connectivity index is 0.000000254. The first-order valence-corrected chi connectivity index (χ1v) is 10.7. The molecule has 1 aromatic carbocycles. The van der Waals surface area contributed by atoms with Crippen molar-refractivity contribution in [3.05, 3.63) is 30.1 Å². The minimum atomic E-state index is -1.03. The fourth-order valence-corrected chi connectivity index (χ4v) is 4.00. The zero-order valence-electron chi connectivity index (χ0n) is 18.2. The second kappa shape index (κ2) is 11.0. The summed E-state index contributed by atoms with van der Waals surface area (Å²) in [7, 11) is 2.19. The molecule has 166 valence electrons. The van der Waals surface area contributed by atoms with Gasteiger partial charge in [0.2, 0.25) is 6.41 Å². The summed E-state index contributed by atoms with van der Waals surface area (Å²) in [5.74, 6) is 0. The number of piperazine rings is 1. The highest BCUT2D eigenvalue weighted by Gasteiger charge is 2.28. The van der Waals surface area contributed by atoms with Gasteiger partial charge in [-0.3, -0.25) is 14.8 Å². The van der Waals surface area contributed by atoms with Crippen LogP contribution in [0.4, 0.5) is 10.1 Å². The number of carbonyl (C=O) groups excluding carboxylic acids is 1. The predicted molar refractivity (Wildman–Crippen MR) is 119 cm³/mol. The lowest BCUT2D eigenvalue weighted by molar-refractivity contribution is -0.110. The molecule has 0 spiro atoms. The van der Waals surface area contributed by atoms with Crippen LogP contribution in [0.2, 0.25) is 0 Å². The maximum Gasteiger partial charge on any atom is 0.207 e. The Kier molecular flexibility index (Phi) is 8.09. The number of alkyl halides is 1. The topological polar surface area (TPSA) is 88.4 Å². The number of fused-ring (bicyclic) bond motifs is 1. The molecule has 2 aromatic rings. The molecule has 4 rings (SSSR count). The second-order valence-electron chi connectivity index (χ2n) is 7.95. The molecule has 2 aliphatic heterocycles. The average Bonchev–Trinajstić information content (AvgIpc) is 2.79. The fourth-order valence-electron chi connectivity index (χ4n) is 4.00. The van der Waals surface area contributed by atoms with Crippen molar-refractivity contribution in [1.29, 1.82) is 5.26 Å². The minimum Gasteiger partial charge on any atom is -0.365 e. The zero-order chi connectivity index (χ0) is 22.2. The summed E-state index contributed by atoms with van der Waals surface area (Å²) in [5, 5.41) is 11.8. The third-order valence-electron chi connectivity index (χ3n) is 5.81. The number of benzene rings is 1. The Morgan fingerprint density at radius 2 is 1.90 bits per heavy atom. The largest absolute Gasteiger partial charge is 0.365 e. The normalized spacial score (nSPS) is 22.3. The molecule has 8 nitrogen and oxygen atoms in total. The molecule has 9 heteroatoms. The van der Waals surface area contributed by atoms with Gasteiger partial charge in [-0.25, -0.2) is 4.39 Å². The second-order valence-corrected chi connectivity index (χ2v) is 7.95. The lowest BCUT2D eigenvalue weighted by Crippen LogP contribution is -2.50. The van der Waals surface area contributed by atoms with E-state index in [0.717, 1.165) is 5.69 Å². The molecule has 2 fully saturated rings. The molecule has 0 radical (unpaired) electrons. The van der Waals surface area contributed by atoms with Gasteiger partial charge in [0.1, 0.15) is 23.3 Å². The number of rotatable bonds is 4.